The van der Waals surface area contributed by atoms with Crippen molar-refractivity contribution in [1.29, 1.82) is 0 Å². The summed E-state index contributed by atoms with van der Waals surface area (Å²) in [6.07, 6.45) is -0.851. The highest BCUT2D eigenvalue weighted by atomic mass is 32.1. The number of piperidine rings is 1. The van der Waals surface area contributed by atoms with Crippen molar-refractivity contribution >= 4 is 29.1 Å². The van der Waals surface area contributed by atoms with Gasteiger partial charge in [-0.3, -0.25) is 14.4 Å². The number of likely N-dealkylation sites (tertiary alicyclic amines) is 1. The van der Waals surface area contributed by atoms with Crippen molar-refractivity contribution in [3.8, 4) is 0 Å². The Morgan fingerprint density at radius 1 is 1.36 bits per heavy atom. The van der Waals surface area contributed by atoms with Crippen LogP contribution in [0.1, 0.15) is 47.0 Å². The molecule has 1 saturated heterocycles. The zero-order valence-corrected chi connectivity index (χ0v) is 14.5. The molecular formula is C14H18F2N4O4S. The Hall–Kier alpha value is -1.98. The maximum atomic E-state index is 13.1. The number of imide groups is 1. The normalized spacial score (nSPS) is 17.3. The number of amides is 3. The Kier molecular flexibility index (Phi) is 5.21. The SMILES string of the molecule is CC(C)(O)C(=O)N(N)C(=O)c1nc(C(=O)N2CCC(F)(F)CC2)cs1. The molecule has 1 aromatic heterocycles. The predicted octanol–water partition coefficient (Wildman–Crippen LogP) is 0.628. The number of nitrogens with two attached hydrogens (primary N) is 1. The van der Waals surface area contributed by atoms with Crippen LogP contribution in [0.25, 0.3) is 0 Å². The summed E-state index contributed by atoms with van der Waals surface area (Å²) < 4.78 is 26.3. The number of alkyl halides is 2. The quantitative estimate of drug-likeness (QED) is 0.454. The Labute approximate surface area is 146 Å². The molecule has 8 nitrogen and oxygen atoms in total. The van der Waals surface area contributed by atoms with E-state index in [1.54, 1.807) is 0 Å². The summed E-state index contributed by atoms with van der Waals surface area (Å²) in [5, 5.41) is 10.9. The predicted molar refractivity (Wildman–Crippen MR) is 83.9 cm³/mol. The number of hydrogen-bond acceptors (Lipinski definition) is 7. The fourth-order valence-electron chi connectivity index (χ4n) is 2.16. The summed E-state index contributed by atoms with van der Waals surface area (Å²) in [5.74, 6) is 0.0526. The summed E-state index contributed by atoms with van der Waals surface area (Å²) >= 11 is 0.794. The van der Waals surface area contributed by atoms with Gasteiger partial charge in [-0.15, -0.1) is 11.3 Å². The van der Waals surface area contributed by atoms with Crippen LogP contribution in [0, 0.1) is 0 Å². The van der Waals surface area contributed by atoms with Gasteiger partial charge in [0, 0.05) is 31.3 Å². The van der Waals surface area contributed by atoms with Crippen molar-refractivity contribution in [3.63, 3.8) is 0 Å². The van der Waals surface area contributed by atoms with Gasteiger partial charge in [0.15, 0.2) is 5.01 Å². The molecule has 25 heavy (non-hydrogen) atoms. The monoisotopic (exact) mass is 376 g/mol. The Balaban J connectivity index is 2.08. The average Bonchev–Trinajstić information content (AvgIpc) is 3.01. The van der Waals surface area contributed by atoms with Crippen LogP contribution in [0.5, 0.6) is 0 Å². The minimum atomic E-state index is -2.78. The van der Waals surface area contributed by atoms with Crippen LogP contribution in [0.3, 0.4) is 0 Å². The first-order valence-electron chi connectivity index (χ1n) is 7.41. The third-order valence-electron chi connectivity index (χ3n) is 3.65. The molecule has 11 heteroatoms. The fraction of sp³-hybridized carbons (Fsp3) is 0.571. The molecule has 2 rings (SSSR count). The van der Waals surface area contributed by atoms with E-state index in [4.69, 9.17) is 5.84 Å². The van der Waals surface area contributed by atoms with Crippen LogP contribution >= 0.6 is 11.3 Å². The minimum Gasteiger partial charge on any atom is -0.381 e. The van der Waals surface area contributed by atoms with Crippen LogP contribution in [0.15, 0.2) is 5.38 Å². The lowest BCUT2D eigenvalue weighted by atomic mass is 10.1. The topological polar surface area (TPSA) is 117 Å². The maximum absolute atomic E-state index is 13.1. The molecule has 1 aliphatic heterocycles. The van der Waals surface area contributed by atoms with E-state index in [0.29, 0.717) is 0 Å². The van der Waals surface area contributed by atoms with Gasteiger partial charge in [-0.05, 0) is 13.8 Å². The molecule has 3 N–H and O–H groups in total. The molecule has 0 saturated carbocycles. The Morgan fingerprint density at radius 3 is 2.44 bits per heavy atom. The van der Waals surface area contributed by atoms with E-state index in [2.05, 4.69) is 4.98 Å². The number of thiazole rings is 1. The van der Waals surface area contributed by atoms with Crippen LogP contribution < -0.4 is 5.84 Å². The molecule has 0 spiro atoms. The van der Waals surface area contributed by atoms with Gasteiger partial charge in [0.2, 0.25) is 0 Å². The summed E-state index contributed by atoms with van der Waals surface area (Å²) in [5.41, 5.74) is -1.93. The zero-order valence-electron chi connectivity index (χ0n) is 13.7. The van der Waals surface area contributed by atoms with E-state index in [1.165, 1.54) is 24.1 Å². The van der Waals surface area contributed by atoms with Gasteiger partial charge >= 0.3 is 5.91 Å². The van der Waals surface area contributed by atoms with Crippen LogP contribution in [-0.4, -0.2) is 62.3 Å². The van der Waals surface area contributed by atoms with Crippen molar-refractivity contribution in [2.45, 2.75) is 38.2 Å². The molecule has 0 radical (unpaired) electrons. The smallest absolute Gasteiger partial charge is 0.303 e. The van der Waals surface area contributed by atoms with Crippen molar-refractivity contribution in [3.05, 3.63) is 16.1 Å². The summed E-state index contributed by atoms with van der Waals surface area (Å²) in [6, 6.07) is 0. The van der Waals surface area contributed by atoms with E-state index in [1.807, 2.05) is 0 Å². The van der Waals surface area contributed by atoms with E-state index in [-0.39, 0.29) is 28.8 Å². The van der Waals surface area contributed by atoms with Crippen molar-refractivity contribution in [2.75, 3.05) is 13.1 Å². The highest BCUT2D eigenvalue weighted by Gasteiger charge is 2.37. The number of carbonyl (C=O) groups is 3. The standard InChI is InChI=1S/C14H18F2N4O4S/c1-13(2,24)12(23)20(17)11(22)9-18-8(7-25-9)10(21)19-5-3-14(15,16)4-6-19/h7,24H,3-6,17H2,1-2H3. The number of rotatable bonds is 3. The molecule has 0 aliphatic carbocycles. The number of aromatic nitrogens is 1. The van der Waals surface area contributed by atoms with E-state index in [0.717, 1.165) is 11.3 Å². The Morgan fingerprint density at radius 2 is 1.92 bits per heavy atom. The molecule has 0 unspecified atom stereocenters. The lowest BCUT2D eigenvalue weighted by Crippen LogP contribution is -2.51. The van der Waals surface area contributed by atoms with Crippen LogP contribution in [0.4, 0.5) is 8.78 Å². The number of hydrazine groups is 1. The second-order valence-corrected chi connectivity index (χ2v) is 7.08. The second kappa shape index (κ2) is 6.73. The molecule has 0 atom stereocenters. The van der Waals surface area contributed by atoms with Crippen molar-refractivity contribution in [1.82, 2.24) is 14.9 Å². The van der Waals surface area contributed by atoms with Crippen LogP contribution in [-0.2, 0) is 4.79 Å². The fourth-order valence-corrected chi connectivity index (χ4v) is 2.89. The lowest BCUT2D eigenvalue weighted by molar-refractivity contribution is -0.145. The molecule has 1 fully saturated rings. The van der Waals surface area contributed by atoms with Gasteiger partial charge < -0.3 is 10.0 Å². The van der Waals surface area contributed by atoms with Crippen molar-refractivity contribution in [2.24, 2.45) is 5.84 Å². The highest BCUT2D eigenvalue weighted by Crippen LogP contribution is 2.28. The van der Waals surface area contributed by atoms with E-state index >= 15 is 0 Å². The first-order chi connectivity index (χ1) is 11.4. The molecule has 2 heterocycles. The first-order valence-corrected chi connectivity index (χ1v) is 8.29. The third kappa shape index (κ3) is 4.35. The number of hydrogen-bond donors (Lipinski definition) is 2. The number of halogens is 2. The van der Waals surface area contributed by atoms with Gasteiger partial charge in [-0.2, -0.15) is 0 Å². The zero-order chi connectivity index (χ0) is 19.0. The second-order valence-electron chi connectivity index (χ2n) is 6.23. The first kappa shape index (κ1) is 19.3. The molecule has 3 amide bonds. The average molecular weight is 376 g/mol. The molecule has 1 aliphatic rings. The summed E-state index contributed by atoms with van der Waals surface area (Å²) in [4.78, 5) is 41.3. The van der Waals surface area contributed by atoms with Gasteiger partial charge in [-0.1, -0.05) is 0 Å². The van der Waals surface area contributed by atoms with Crippen molar-refractivity contribution < 1.29 is 28.3 Å². The summed E-state index contributed by atoms with van der Waals surface area (Å²) in [7, 11) is 0. The number of carbonyl (C=O) groups excluding carboxylic acids is 3. The number of nitrogens with zero attached hydrogens (tertiary/aromatic N) is 3. The molecular weight excluding hydrogens is 358 g/mol. The molecule has 1 aromatic rings. The van der Waals surface area contributed by atoms with Gasteiger partial charge in [0.25, 0.3) is 17.7 Å². The maximum Gasteiger partial charge on any atom is 0.303 e. The highest BCUT2D eigenvalue weighted by molar-refractivity contribution is 7.11. The largest absolute Gasteiger partial charge is 0.381 e. The lowest BCUT2D eigenvalue weighted by Gasteiger charge is -2.31. The van der Waals surface area contributed by atoms with Crippen LogP contribution in [0.2, 0.25) is 0 Å². The Bertz CT molecular complexity index is 691. The third-order valence-corrected chi connectivity index (χ3v) is 4.48. The van der Waals surface area contributed by atoms with Gasteiger partial charge in [0.1, 0.15) is 11.3 Å². The molecule has 138 valence electrons. The summed E-state index contributed by atoms with van der Waals surface area (Å²) in [6.45, 7) is 2.14. The van der Waals surface area contributed by atoms with Gasteiger partial charge in [-0.25, -0.2) is 24.6 Å². The molecule has 0 bridgehead atoms. The minimum absolute atomic E-state index is 0.0809. The van der Waals surface area contributed by atoms with Gasteiger partial charge in [0.05, 0.1) is 0 Å². The number of aliphatic hydroxyl groups is 1. The van der Waals surface area contributed by atoms with E-state index in [9.17, 15) is 28.3 Å². The van der Waals surface area contributed by atoms with E-state index < -0.39 is 42.1 Å². The molecule has 0 aromatic carbocycles.